The molecule has 0 saturated carbocycles. The summed E-state index contributed by atoms with van der Waals surface area (Å²) in [5.41, 5.74) is 23.0. The molecule has 0 radical (unpaired) electrons. The molecule has 4 heteroatoms. The lowest BCUT2D eigenvalue weighted by molar-refractivity contribution is 0.955. The van der Waals surface area contributed by atoms with Crippen molar-refractivity contribution < 1.29 is 0 Å². The van der Waals surface area contributed by atoms with E-state index >= 15 is 0 Å². The maximum absolute atomic E-state index is 5.39. The summed E-state index contributed by atoms with van der Waals surface area (Å²) >= 11 is 0. The Morgan fingerprint density at radius 3 is 1.90 bits per heavy atom. The number of aromatic amines is 2. The van der Waals surface area contributed by atoms with Gasteiger partial charge in [0.2, 0.25) is 0 Å². The number of aryl methyl sites for hydroxylation is 3. The quantitative estimate of drug-likeness (QED) is 0.291. The summed E-state index contributed by atoms with van der Waals surface area (Å²) in [6, 6.07) is 8.88. The fourth-order valence-corrected chi connectivity index (χ4v) is 7.47. The van der Waals surface area contributed by atoms with Crippen molar-refractivity contribution in [2.45, 2.75) is 93.9 Å². The van der Waals surface area contributed by atoms with Crippen molar-refractivity contribution in [1.82, 2.24) is 9.97 Å². The Kier molecular flexibility index (Phi) is 7.43. The van der Waals surface area contributed by atoms with Crippen LogP contribution in [0, 0.1) is 27.7 Å². The summed E-state index contributed by atoms with van der Waals surface area (Å²) in [6.45, 7) is 17.8. The molecule has 3 aromatic rings. The number of allylic oxidation sites excluding steroid dienone is 4. The zero-order chi connectivity index (χ0) is 29.7. The van der Waals surface area contributed by atoms with E-state index in [2.05, 4.69) is 102 Å². The highest BCUT2D eigenvalue weighted by molar-refractivity contribution is 6.25. The van der Waals surface area contributed by atoms with Crippen LogP contribution >= 0.6 is 0 Å². The zero-order valence-corrected chi connectivity index (χ0v) is 26.6. The van der Waals surface area contributed by atoms with Crippen LogP contribution in [0.2, 0.25) is 0 Å². The van der Waals surface area contributed by atoms with E-state index in [0.29, 0.717) is 0 Å². The first-order valence-corrected chi connectivity index (χ1v) is 15.7. The maximum Gasteiger partial charge on any atom is 0.0735 e. The minimum absolute atomic E-state index is 0.766. The highest BCUT2D eigenvalue weighted by Crippen LogP contribution is 2.44. The molecule has 6 rings (SSSR count). The van der Waals surface area contributed by atoms with Crippen LogP contribution in [-0.4, -0.2) is 21.4 Å². The molecule has 3 aliphatic rings. The number of nitrogens with one attached hydrogen (secondary N) is 2. The van der Waals surface area contributed by atoms with Crippen LogP contribution in [0.5, 0.6) is 0 Å². The average Bonchev–Trinajstić information content (AvgIpc) is 3.65. The Hall–Kier alpha value is -3.92. The van der Waals surface area contributed by atoms with E-state index in [1.54, 1.807) is 0 Å². The largest absolute Gasteiger partial charge is 0.359 e. The van der Waals surface area contributed by atoms with Gasteiger partial charge in [0.1, 0.15) is 0 Å². The predicted molar refractivity (Wildman–Crippen MR) is 179 cm³/mol. The zero-order valence-electron chi connectivity index (χ0n) is 26.6. The van der Waals surface area contributed by atoms with E-state index in [1.165, 1.54) is 89.9 Å². The van der Waals surface area contributed by atoms with Gasteiger partial charge in [-0.3, -0.25) is 9.98 Å². The minimum atomic E-state index is 0.766. The van der Waals surface area contributed by atoms with Gasteiger partial charge in [0, 0.05) is 34.8 Å². The van der Waals surface area contributed by atoms with Crippen LogP contribution in [0.3, 0.4) is 0 Å². The van der Waals surface area contributed by atoms with E-state index in [0.717, 1.165) is 49.9 Å². The van der Waals surface area contributed by atoms with Crippen molar-refractivity contribution in [3.05, 3.63) is 109 Å². The molecule has 0 amide bonds. The summed E-state index contributed by atoms with van der Waals surface area (Å²) in [4.78, 5) is 17.9. The molecule has 42 heavy (non-hydrogen) atoms. The third-order valence-corrected chi connectivity index (χ3v) is 9.75. The number of benzene rings is 1. The second kappa shape index (κ2) is 11.1. The van der Waals surface area contributed by atoms with Crippen LogP contribution in [-0.2, 0) is 19.3 Å². The van der Waals surface area contributed by atoms with Crippen molar-refractivity contribution in [2.75, 3.05) is 0 Å². The van der Waals surface area contributed by atoms with Gasteiger partial charge in [-0.15, -0.1) is 0 Å². The van der Waals surface area contributed by atoms with Gasteiger partial charge < -0.3 is 9.97 Å². The fourth-order valence-electron chi connectivity index (χ4n) is 7.47. The van der Waals surface area contributed by atoms with E-state index in [-0.39, 0.29) is 0 Å². The third kappa shape index (κ3) is 4.62. The molecule has 4 nitrogen and oxygen atoms in total. The molecular formula is C38H44N4. The normalized spacial score (nSPS) is 18.4. The van der Waals surface area contributed by atoms with Gasteiger partial charge in [0.15, 0.2) is 0 Å². The molecule has 0 bridgehead atoms. The topological polar surface area (TPSA) is 56.3 Å². The number of rotatable bonds is 7. The van der Waals surface area contributed by atoms with Gasteiger partial charge in [-0.1, -0.05) is 45.0 Å². The van der Waals surface area contributed by atoms with Gasteiger partial charge in [-0.05, 0) is 129 Å². The van der Waals surface area contributed by atoms with Crippen LogP contribution < -0.4 is 0 Å². The third-order valence-electron chi connectivity index (χ3n) is 9.75. The number of nitrogens with zero attached hydrogens (tertiary/aromatic N) is 2. The Morgan fingerprint density at radius 2 is 1.31 bits per heavy atom. The summed E-state index contributed by atoms with van der Waals surface area (Å²) < 4.78 is 0. The Labute approximate surface area is 251 Å². The number of hydrogen-bond acceptors (Lipinski definition) is 2. The molecule has 216 valence electrons. The summed E-state index contributed by atoms with van der Waals surface area (Å²) in [5, 5.41) is 0. The van der Waals surface area contributed by atoms with Crippen molar-refractivity contribution >= 4 is 29.1 Å². The number of aliphatic imine (C=N–C) groups is 2. The van der Waals surface area contributed by atoms with Gasteiger partial charge >= 0.3 is 0 Å². The second-order valence-electron chi connectivity index (χ2n) is 12.1. The molecule has 0 saturated heterocycles. The molecule has 0 fully saturated rings. The van der Waals surface area contributed by atoms with Crippen LogP contribution in [0.15, 0.2) is 62.4 Å². The number of fused-ring (bicyclic) bond motifs is 2. The van der Waals surface area contributed by atoms with Gasteiger partial charge in [0.05, 0.1) is 22.8 Å². The Balaban J connectivity index is 1.43. The minimum Gasteiger partial charge on any atom is -0.359 e. The second-order valence-corrected chi connectivity index (χ2v) is 12.1. The SMILES string of the molecule is CCC1=C(C)/C(=C/c2[nH]c(C)c(CC)c2C)N=C1CC1=N/C(=C\c2[nH]c(C)c(CC)c2C)C2=C1CCc1ccccc12. The monoisotopic (exact) mass is 556 g/mol. The molecule has 2 aromatic heterocycles. The summed E-state index contributed by atoms with van der Waals surface area (Å²) in [6.07, 6.45) is 10.4. The van der Waals surface area contributed by atoms with Crippen LogP contribution in [0.4, 0.5) is 0 Å². The highest BCUT2D eigenvalue weighted by Gasteiger charge is 2.32. The fraction of sp³-hybridized carbons (Fsp3) is 0.368. The number of hydrogen-bond donors (Lipinski definition) is 2. The first-order valence-electron chi connectivity index (χ1n) is 15.7. The Morgan fingerprint density at radius 1 is 0.714 bits per heavy atom. The molecule has 1 aromatic carbocycles. The molecule has 0 unspecified atom stereocenters. The highest BCUT2D eigenvalue weighted by atomic mass is 14.9. The number of aromatic nitrogens is 2. The molecule has 0 atom stereocenters. The maximum atomic E-state index is 5.39. The smallest absolute Gasteiger partial charge is 0.0735 e. The summed E-state index contributed by atoms with van der Waals surface area (Å²) in [5.74, 6) is 0. The van der Waals surface area contributed by atoms with E-state index in [1.807, 2.05) is 0 Å². The van der Waals surface area contributed by atoms with Gasteiger partial charge in [-0.25, -0.2) is 0 Å². The summed E-state index contributed by atoms with van der Waals surface area (Å²) in [7, 11) is 0. The van der Waals surface area contributed by atoms with E-state index in [9.17, 15) is 0 Å². The molecule has 1 aliphatic carbocycles. The number of H-pyrrole nitrogens is 2. The molecule has 2 aliphatic heterocycles. The lowest BCUT2D eigenvalue weighted by Crippen LogP contribution is -2.13. The molecule has 0 spiro atoms. The first kappa shape index (κ1) is 28.2. The van der Waals surface area contributed by atoms with Gasteiger partial charge in [-0.2, -0.15) is 0 Å². The van der Waals surface area contributed by atoms with Crippen LogP contribution in [0.25, 0.3) is 17.7 Å². The average molecular weight is 557 g/mol. The molecular weight excluding hydrogens is 512 g/mol. The Bertz CT molecular complexity index is 1790. The van der Waals surface area contributed by atoms with E-state index < -0.39 is 0 Å². The molecule has 4 heterocycles. The van der Waals surface area contributed by atoms with Crippen molar-refractivity contribution in [3.63, 3.8) is 0 Å². The standard InChI is InChI=1S/C38H44N4/c1-9-27-21(4)32(39-24(27)7)18-34-23(6)29(11-3)35(41-34)20-36-31-17-16-26-14-12-13-15-30(26)38(31)37(42-36)19-33-22(5)28(10-2)25(8)40-33/h12-15,18-19,39-40H,9-11,16-17,20H2,1-8H3/b34-18-,37-19-. The lowest BCUT2D eigenvalue weighted by Gasteiger charge is -2.20. The van der Waals surface area contributed by atoms with Crippen molar-refractivity contribution in [3.8, 4) is 0 Å². The lowest BCUT2D eigenvalue weighted by atomic mass is 9.83. The van der Waals surface area contributed by atoms with Gasteiger partial charge in [0.25, 0.3) is 0 Å². The molecule has 2 N–H and O–H groups in total. The van der Waals surface area contributed by atoms with Crippen LogP contribution in [0.1, 0.15) is 103 Å². The van der Waals surface area contributed by atoms with Crippen molar-refractivity contribution in [1.29, 1.82) is 0 Å². The predicted octanol–water partition coefficient (Wildman–Crippen LogP) is 9.51. The van der Waals surface area contributed by atoms with E-state index in [4.69, 9.17) is 9.98 Å². The van der Waals surface area contributed by atoms with Crippen molar-refractivity contribution in [2.24, 2.45) is 9.98 Å². The first-order chi connectivity index (χ1) is 20.2.